The molecule has 1 rings (SSSR count). The van der Waals surface area contributed by atoms with Gasteiger partial charge < -0.3 is 15.7 Å². The molecule has 18 heavy (non-hydrogen) atoms. The lowest BCUT2D eigenvalue weighted by Gasteiger charge is -2.21. The van der Waals surface area contributed by atoms with Crippen molar-refractivity contribution in [2.45, 2.75) is 13.0 Å². The Bertz CT molecular complexity index is 473. The van der Waals surface area contributed by atoms with Crippen LogP contribution in [0.2, 0.25) is 0 Å². The lowest BCUT2D eigenvalue weighted by molar-refractivity contribution is -0.384. The summed E-state index contributed by atoms with van der Waals surface area (Å²) in [6.07, 6.45) is -0.646. The number of hydrogen-bond acceptors (Lipinski definition) is 5. The summed E-state index contributed by atoms with van der Waals surface area (Å²) >= 11 is 0. The Balaban J connectivity index is 3.22. The highest BCUT2D eigenvalue weighted by Gasteiger charge is 2.19. The van der Waals surface area contributed by atoms with Gasteiger partial charge in [-0.1, -0.05) is 0 Å². The molecule has 0 aromatic heterocycles. The highest BCUT2D eigenvalue weighted by Crippen LogP contribution is 2.28. The summed E-state index contributed by atoms with van der Waals surface area (Å²) < 4.78 is 0. The van der Waals surface area contributed by atoms with Crippen molar-refractivity contribution in [3.63, 3.8) is 0 Å². The number of primary amides is 1. The molecule has 0 spiro atoms. The van der Waals surface area contributed by atoms with Crippen LogP contribution in [-0.2, 0) is 0 Å². The van der Waals surface area contributed by atoms with Crippen LogP contribution in [0, 0.1) is 10.1 Å². The molecule has 0 aliphatic rings. The maximum absolute atomic E-state index is 11.1. The lowest BCUT2D eigenvalue weighted by atomic mass is 10.1. The SMILES string of the molecule is CC(O)CN(C)c1cc(C(N)=O)ccc1[N+](=O)[O-]. The predicted molar refractivity (Wildman–Crippen MR) is 66.6 cm³/mol. The number of anilines is 1. The van der Waals surface area contributed by atoms with Crippen LogP contribution in [-0.4, -0.2) is 35.6 Å². The molecule has 0 saturated carbocycles. The largest absolute Gasteiger partial charge is 0.392 e. The van der Waals surface area contributed by atoms with E-state index in [0.29, 0.717) is 0 Å². The molecule has 1 unspecified atom stereocenters. The summed E-state index contributed by atoms with van der Waals surface area (Å²) in [5.74, 6) is -0.656. The molecule has 0 saturated heterocycles. The van der Waals surface area contributed by atoms with E-state index >= 15 is 0 Å². The number of amides is 1. The van der Waals surface area contributed by atoms with E-state index in [1.54, 1.807) is 14.0 Å². The number of rotatable bonds is 5. The third-order valence-electron chi connectivity index (χ3n) is 2.41. The van der Waals surface area contributed by atoms with E-state index in [9.17, 15) is 20.0 Å². The van der Waals surface area contributed by atoms with E-state index in [4.69, 9.17) is 5.73 Å². The number of carbonyl (C=O) groups is 1. The van der Waals surface area contributed by atoms with Crippen molar-refractivity contribution in [3.05, 3.63) is 33.9 Å². The van der Waals surface area contributed by atoms with Crippen LogP contribution in [0.15, 0.2) is 18.2 Å². The second-order valence-corrected chi connectivity index (χ2v) is 4.05. The van der Waals surface area contributed by atoms with E-state index < -0.39 is 16.9 Å². The van der Waals surface area contributed by atoms with Crippen LogP contribution in [0.1, 0.15) is 17.3 Å². The molecule has 0 aliphatic heterocycles. The van der Waals surface area contributed by atoms with Crippen molar-refractivity contribution in [2.75, 3.05) is 18.5 Å². The van der Waals surface area contributed by atoms with E-state index in [0.717, 1.165) is 0 Å². The molecular weight excluding hydrogens is 238 g/mol. The molecule has 1 aromatic carbocycles. The second kappa shape index (κ2) is 5.46. The first-order valence-corrected chi connectivity index (χ1v) is 5.30. The zero-order valence-electron chi connectivity index (χ0n) is 10.2. The van der Waals surface area contributed by atoms with Crippen molar-refractivity contribution in [3.8, 4) is 0 Å². The van der Waals surface area contributed by atoms with Crippen molar-refractivity contribution in [2.24, 2.45) is 5.73 Å². The van der Waals surface area contributed by atoms with Crippen molar-refractivity contribution in [1.82, 2.24) is 0 Å². The minimum absolute atomic E-state index is 0.136. The fourth-order valence-electron chi connectivity index (χ4n) is 1.63. The Morgan fingerprint density at radius 3 is 2.67 bits per heavy atom. The molecule has 98 valence electrons. The predicted octanol–water partition coefficient (Wildman–Crippen LogP) is 0.511. The first kappa shape index (κ1) is 13.9. The Labute approximate surface area is 104 Å². The van der Waals surface area contributed by atoms with Crippen molar-refractivity contribution >= 4 is 17.3 Å². The first-order chi connectivity index (χ1) is 8.32. The number of hydrogen-bond donors (Lipinski definition) is 2. The number of nitro groups is 1. The Morgan fingerprint density at radius 2 is 2.22 bits per heavy atom. The maximum Gasteiger partial charge on any atom is 0.292 e. The maximum atomic E-state index is 11.1. The second-order valence-electron chi connectivity index (χ2n) is 4.05. The highest BCUT2D eigenvalue weighted by molar-refractivity contribution is 5.94. The van der Waals surface area contributed by atoms with Gasteiger partial charge in [0.15, 0.2) is 0 Å². The van der Waals surface area contributed by atoms with Gasteiger partial charge in [0.2, 0.25) is 5.91 Å². The van der Waals surface area contributed by atoms with Gasteiger partial charge in [0.25, 0.3) is 5.69 Å². The summed E-state index contributed by atoms with van der Waals surface area (Å²) in [7, 11) is 1.60. The summed E-state index contributed by atoms with van der Waals surface area (Å²) in [5.41, 5.74) is 5.43. The quantitative estimate of drug-likeness (QED) is 0.587. The number of aliphatic hydroxyl groups is 1. The van der Waals surface area contributed by atoms with E-state index in [-0.39, 0.29) is 23.5 Å². The van der Waals surface area contributed by atoms with Gasteiger partial charge >= 0.3 is 0 Å². The first-order valence-electron chi connectivity index (χ1n) is 5.30. The zero-order chi connectivity index (χ0) is 13.9. The van der Waals surface area contributed by atoms with Gasteiger partial charge in [0, 0.05) is 25.2 Å². The topological polar surface area (TPSA) is 110 Å². The van der Waals surface area contributed by atoms with Gasteiger partial charge in [-0.3, -0.25) is 14.9 Å². The molecule has 0 bridgehead atoms. The molecule has 0 fully saturated rings. The monoisotopic (exact) mass is 253 g/mol. The summed E-state index contributed by atoms with van der Waals surface area (Å²) in [6.45, 7) is 1.78. The fraction of sp³-hybridized carbons (Fsp3) is 0.364. The van der Waals surface area contributed by atoms with Gasteiger partial charge in [-0.2, -0.15) is 0 Å². The summed E-state index contributed by atoms with van der Waals surface area (Å²) in [5, 5.41) is 20.2. The molecular formula is C11H15N3O4. The van der Waals surface area contributed by atoms with Crippen molar-refractivity contribution in [1.29, 1.82) is 0 Å². The Hall–Kier alpha value is -2.15. The lowest BCUT2D eigenvalue weighted by Crippen LogP contribution is -2.27. The average Bonchev–Trinajstić information content (AvgIpc) is 2.26. The highest BCUT2D eigenvalue weighted by atomic mass is 16.6. The van der Waals surface area contributed by atoms with Gasteiger partial charge in [-0.15, -0.1) is 0 Å². The van der Waals surface area contributed by atoms with Crippen LogP contribution in [0.3, 0.4) is 0 Å². The molecule has 7 heteroatoms. The van der Waals surface area contributed by atoms with Crippen LogP contribution < -0.4 is 10.6 Å². The van der Waals surface area contributed by atoms with E-state index in [1.807, 2.05) is 0 Å². The molecule has 0 heterocycles. The fourth-order valence-corrected chi connectivity index (χ4v) is 1.63. The van der Waals surface area contributed by atoms with Gasteiger partial charge in [-0.05, 0) is 19.1 Å². The average molecular weight is 253 g/mol. The van der Waals surface area contributed by atoms with Gasteiger partial charge in [0.05, 0.1) is 11.0 Å². The number of nitrogens with two attached hydrogens (primary N) is 1. The third kappa shape index (κ3) is 3.17. The number of likely N-dealkylation sites (N-methyl/N-ethyl adjacent to an activating group) is 1. The molecule has 3 N–H and O–H groups in total. The van der Waals surface area contributed by atoms with Crippen LogP contribution in [0.4, 0.5) is 11.4 Å². The Morgan fingerprint density at radius 1 is 1.61 bits per heavy atom. The standard InChI is InChI=1S/C11H15N3O4/c1-7(15)6-13(2)10-5-8(11(12)16)3-4-9(10)14(17)18/h3-5,7,15H,6H2,1-2H3,(H2,12,16). The molecule has 0 aliphatic carbocycles. The molecule has 7 nitrogen and oxygen atoms in total. The molecule has 0 radical (unpaired) electrons. The molecule has 1 aromatic rings. The minimum atomic E-state index is -0.656. The summed E-state index contributed by atoms with van der Waals surface area (Å²) in [6, 6.07) is 3.89. The van der Waals surface area contributed by atoms with E-state index in [1.165, 1.54) is 23.1 Å². The Kier molecular flexibility index (Phi) is 4.22. The van der Waals surface area contributed by atoms with Crippen LogP contribution >= 0.6 is 0 Å². The van der Waals surface area contributed by atoms with Crippen LogP contribution in [0.5, 0.6) is 0 Å². The number of nitro benzene ring substituents is 1. The van der Waals surface area contributed by atoms with Crippen molar-refractivity contribution < 1.29 is 14.8 Å². The van der Waals surface area contributed by atoms with Gasteiger partial charge in [-0.25, -0.2) is 0 Å². The van der Waals surface area contributed by atoms with E-state index in [2.05, 4.69) is 0 Å². The third-order valence-corrected chi connectivity index (χ3v) is 2.41. The number of aliphatic hydroxyl groups excluding tert-OH is 1. The zero-order valence-corrected chi connectivity index (χ0v) is 10.2. The number of benzene rings is 1. The normalized spacial score (nSPS) is 11.9. The van der Waals surface area contributed by atoms with Gasteiger partial charge in [0.1, 0.15) is 5.69 Å². The van der Waals surface area contributed by atoms with Crippen LogP contribution in [0.25, 0.3) is 0 Å². The number of carbonyl (C=O) groups excluding carboxylic acids is 1. The smallest absolute Gasteiger partial charge is 0.292 e. The summed E-state index contributed by atoms with van der Waals surface area (Å²) in [4.78, 5) is 22.9. The number of nitrogens with zero attached hydrogens (tertiary/aromatic N) is 2. The molecule has 1 amide bonds. The minimum Gasteiger partial charge on any atom is -0.392 e. The molecule has 1 atom stereocenters.